The smallest absolute Gasteiger partial charge is 0.319 e. The molecule has 0 aliphatic rings. The van der Waals surface area contributed by atoms with Gasteiger partial charge < -0.3 is 15.7 Å². The number of nitrogens with one attached hydrogen (secondary N) is 2. The van der Waals surface area contributed by atoms with Crippen LogP contribution in [0.25, 0.3) is 0 Å². The Kier molecular flexibility index (Phi) is 7.21. The van der Waals surface area contributed by atoms with E-state index in [2.05, 4.69) is 15.6 Å². The monoisotopic (exact) mass is 293 g/mol. The fraction of sp³-hybridized carbons (Fsp3) is 0.533. The number of hydrogen-bond acceptors (Lipinski definition) is 3. The maximum absolute atomic E-state index is 11.7. The van der Waals surface area contributed by atoms with Crippen molar-refractivity contribution in [2.24, 2.45) is 5.92 Å². The minimum absolute atomic E-state index is 0.180. The summed E-state index contributed by atoms with van der Waals surface area (Å²) >= 11 is 0. The second-order valence-corrected chi connectivity index (χ2v) is 5.06. The van der Waals surface area contributed by atoms with Gasteiger partial charge in [0.05, 0.1) is 11.9 Å². The summed E-state index contributed by atoms with van der Waals surface area (Å²) in [4.78, 5) is 26.3. The lowest BCUT2D eigenvalue weighted by molar-refractivity contribution is -0.137. The number of carboxylic acid groups (broad SMARTS) is 1. The molecule has 6 heteroatoms. The van der Waals surface area contributed by atoms with E-state index in [1.54, 1.807) is 12.3 Å². The van der Waals surface area contributed by atoms with Crippen LogP contribution in [-0.2, 0) is 4.79 Å². The van der Waals surface area contributed by atoms with E-state index >= 15 is 0 Å². The van der Waals surface area contributed by atoms with Gasteiger partial charge in [-0.1, -0.05) is 13.3 Å². The molecule has 0 aliphatic carbocycles. The number of aromatic nitrogens is 1. The number of carbonyl (C=O) groups is 2. The van der Waals surface area contributed by atoms with Crippen molar-refractivity contribution < 1.29 is 14.7 Å². The van der Waals surface area contributed by atoms with Crippen molar-refractivity contribution >= 4 is 17.7 Å². The third-order valence-electron chi connectivity index (χ3n) is 3.35. The van der Waals surface area contributed by atoms with Gasteiger partial charge in [0.25, 0.3) is 0 Å². The molecule has 1 heterocycles. The molecule has 0 radical (unpaired) electrons. The number of carboxylic acids is 1. The van der Waals surface area contributed by atoms with Gasteiger partial charge in [0.1, 0.15) is 0 Å². The molecule has 21 heavy (non-hydrogen) atoms. The Bertz CT molecular complexity index is 460. The Morgan fingerprint density at radius 1 is 1.33 bits per heavy atom. The molecule has 1 rings (SSSR count). The third kappa shape index (κ3) is 7.29. The average molecular weight is 293 g/mol. The lowest BCUT2D eigenvalue weighted by atomic mass is 9.97. The topological polar surface area (TPSA) is 91.3 Å². The molecular weight excluding hydrogens is 270 g/mol. The van der Waals surface area contributed by atoms with Crippen LogP contribution in [0.2, 0.25) is 0 Å². The molecule has 1 atom stereocenters. The predicted octanol–water partition coefficient (Wildman–Crippen LogP) is 2.79. The summed E-state index contributed by atoms with van der Waals surface area (Å²) in [7, 11) is 0. The molecule has 0 aliphatic heterocycles. The van der Waals surface area contributed by atoms with E-state index in [1.165, 1.54) is 0 Å². The van der Waals surface area contributed by atoms with Crippen molar-refractivity contribution in [2.45, 2.75) is 39.5 Å². The molecule has 1 aromatic rings. The van der Waals surface area contributed by atoms with Crippen molar-refractivity contribution in [3.8, 4) is 0 Å². The SMILES string of the molecule is CCC(CCNC(=O)Nc1ccc(C)nc1)CCC(=O)O. The Labute approximate surface area is 125 Å². The van der Waals surface area contributed by atoms with Gasteiger partial charge in [-0.15, -0.1) is 0 Å². The molecule has 0 saturated carbocycles. The zero-order valence-electron chi connectivity index (χ0n) is 12.6. The molecule has 0 aromatic carbocycles. The molecule has 1 unspecified atom stereocenters. The highest BCUT2D eigenvalue weighted by Gasteiger charge is 2.09. The van der Waals surface area contributed by atoms with E-state index < -0.39 is 5.97 Å². The normalized spacial score (nSPS) is 11.7. The molecule has 1 aromatic heterocycles. The zero-order chi connectivity index (χ0) is 15.7. The predicted molar refractivity (Wildman–Crippen MR) is 81.3 cm³/mol. The summed E-state index contributed by atoms with van der Waals surface area (Å²) in [6, 6.07) is 3.35. The number of aliphatic carboxylic acids is 1. The molecule has 0 spiro atoms. The number of nitrogens with zero attached hydrogens (tertiary/aromatic N) is 1. The van der Waals surface area contributed by atoms with Crippen LogP contribution in [0.5, 0.6) is 0 Å². The maximum Gasteiger partial charge on any atom is 0.319 e. The van der Waals surface area contributed by atoms with Crippen molar-refractivity contribution in [2.75, 3.05) is 11.9 Å². The quantitative estimate of drug-likeness (QED) is 0.687. The van der Waals surface area contributed by atoms with Crippen LogP contribution in [0.4, 0.5) is 10.5 Å². The first kappa shape index (κ1) is 16.9. The fourth-order valence-electron chi connectivity index (χ4n) is 1.99. The van der Waals surface area contributed by atoms with E-state index in [9.17, 15) is 9.59 Å². The minimum atomic E-state index is -0.772. The van der Waals surface area contributed by atoms with E-state index in [-0.39, 0.29) is 12.5 Å². The lowest BCUT2D eigenvalue weighted by Gasteiger charge is -2.14. The fourth-order valence-corrected chi connectivity index (χ4v) is 1.99. The number of anilines is 1. The molecule has 0 fully saturated rings. The first-order valence-corrected chi connectivity index (χ1v) is 7.20. The number of hydrogen-bond donors (Lipinski definition) is 3. The first-order valence-electron chi connectivity index (χ1n) is 7.20. The standard InChI is InChI=1S/C15H23N3O3/c1-3-12(5-7-14(19)20)8-9-16-15(21)18-13-6-4-11(2)17-10-13/h4,6,10,12H,3,5,7-9H2,1-2H3,(H,19,20)(H2,16,18,21). The summed E-state index contributed by atoms with van der Waals surface area (Å²) in [5.41, 5.74) is 1.54. The van der Waals surface area contributed by atoms with Crippen LogP contribution in [0.1, 0.15) is 38.3 Å². The molecule has 0 saturated heterocycles. The van der Waals surface area contributed by atoms with Gasteiger partial charge >= 0.3 is 12.0 Å². The molecule has 116 valence electrons. The van der Waals surface area contributed by atoms with Crippen LogP contribution in [0.3, 0.4) is 0 Å². The summed E-state index contributed by atoms with van der Waals surface area (Å²) < 4.78 is 0. The van der Waals surface area contributed by atoms with Gasteiger partial charge in [0.15, 0.2) is 0 Å². The second kappa shape index (κ2) is 8.94. The number of pyridine rings is 1. The van der Waals surface area contributed by atoms with Crippen molar-refractivity contribution in [1.82, 2.24) is 10.3 Å². The molecule has 2 amide bonds. The number of carbonyl (C=O) groups excluding carboxylic acids is 1. The van der Waals surface area contributed by atoms with E-state index in [0.717, 1.165) is 18.5 Å². The number of urea groups is 1. The van der Waals surface area contributed by atoms with Crippen LogP contribution in [0, 0.1) is 12.8 Å². The largest absolute Gasteiger partial charge is 0.481 e. The lowest BCUT2D eigenvalue weighted by Crippen LogP contribution is -2.30. The highest BCUT2D eigenvalue weighted by Crippen LogP contribution is 2.14. The maximum atomic E-state index is 11.7. The third-order valence-corrected chi connectivity index (χ3v) is 3.35. The van der Waals surface area contributed by atoms with E-state index in [0.29, 0.717) is 24.6 Å². The Morgan fingerprint density at radius 2 is 2.10 bits per heavy atom. The molecule has 0 bridgehead atoms. The number of rotatable bonds is 8. The first-order chi connectivity index (χ1) is 10.0. The molecular formula is C15H23N3O3. The van der Waals surface area contributed by atoms with Gasteiger partial charge in [-0.05, 0) is 37.8 Å². The van der Waals surface area contributed by atoms with Crippen LogP contribution in [-0.4, -0.2) is 28.6 Å². The van der Waals surface area contributed by atoms with Crippen LogP contribution in [0.15, 0.2) is 18.3 Å². The van der Waals surface area contributed by atoms with Crippen molar-refractivity contribution in [3.63, 3.8) is 0 Å². The summed E-state index contributed by atoms with van der Waals surface area (Å²) in [5.74, 6) is -0.450. The van der Waals surface area contributed by atoms with E-state index in [4.69, 9.17) is 5.11 Å². The summed E-state index contributed by atoms with van der Waals surface area (Å²) in [5, 5.41) is 14.1. The second-order valence-electron chi connectivity index (χ2n) is 5.06. The minimum Gasteiger partial charge on any atom is -0.481 e. The Hall–Kier alpha value is -2.11. The molecule has 6 nitrogen and oxygen atoms in total. The Balaban J connectivity index is 2.25. The summed E-state index contributed by atoms with van der Waals surface area (Å²) in [6.07, 6.45) is 4.13. The number of amides is 2. The van der Waals surface area contributed by atoms with Crippen LogP contribution < -0.4 is 10.6 Å². The van der Waals surface area contributed by atoms with Gasteiger partial charge in [0.2, 0.25) is 0 Å². The van der Waals surface area contributed by atoms with E-state index in [1.807, 2.05) is 19.9 Å². The van der Waals surface area contributed by atoms with Crippen molar-refractivity contribution in [3.05, 3.63) is 24.0 Å². The molecule has 3 N–H and O–H groups in total. The average Bonchev–Trinajstić information content (AvgIpc) is 2.45. The van der Waals surface area contributed by atoms with Gasteiger partial charge in [-0.25, -0.2) is 4.79 Å². The summed E-state index contributed by atoms with van der Waals surface area (Å²) in [6.45, 7) is 4.44. The zero-order valence-corrected chi connectivity index (χ0v) is 12.6. The van der Waals surface area contributed by atoms with Gasteiger partial charge in [-0.3, -0.25) is 9.78 Å². The Morgan fingerprint density at radius 3 is 2.67 bits per heavy atom. The van der Waals surface area contributed by atoms with Gasteiger partial charge in [-0.2, -0.15) is 0 Å². The number of aryl methyl sites for hydroxylation is 1. The highest BCUT2D eigenvalue weighted by molar-refractivity contribution is 5.88. The van der Waals surface area contributed by atoms with Crippen molar-refractivity contribution in [1.29, 1.82) is 0 Å². The highest BCUT2D eigenvalue weighted by atomic mass is 16.4. The van der Waals surface area contributed by atoms with Crippen LogP contribution >= 0.6 is 0 Å². The van der Waals surface area contributed by atoms with Gasteiger partial charge in [0, 0.05) is 18.7 Å².